The summed E-state index contributed by atoms with van der Waals surface area (Å²) in [7, 11) is 3.31. The molecule has 0 radical (unpaired) electrons. The van der Waals surface area contributed by atoms with Crippen LogP contribution in [-0.4, -0.2) is 58.9 Å². The van der Waals surface area contributed by atoms with Crippen molar-refractivity contribution in [3.63, 3.8) is 0 Å². The number of amides is 2. The molecule has 0 atom stereocenters. The van der Waals surface area contributed by atoms with E-state index in [4.69, 9.17) is 4.74 Å². The number of pyridine rings is 1. The molecule has 2 amide bonds. The van der Waals surface area contributed by atoms with Gasteiger partial charge < -0.3 is 9.64 Å². The number of likely N-dealkylation sites (N-methyl/N-ethyl adjacent to an activating group) is 1. The maximum absolute atomic E-state index is 12.9. The molecule has 0 spiro atoms. The molecule has 0 unspecified atom stereocenters. The van der Waals surface area contributed by atoms with Crippen LogP contribution in [0.4, 0.5) is 5.82 Å². The summed E-state index contributed by atoms with van der Waals surface area (Å²) in [5, 5.41) is 0. The van der Waals surface area contributed by atoms with E-state index in [1.165, 1.54) is 16.7 Å². The van der Waals surface area contributed by atoms with Gasteiger partial charge in [0.25, 0.3) is 5.91 Å². The third kappa shape index (κ3) is 5.08. The van der Waals surface area contributed by atoms with Crippen LogP contribution in [0.3, 0.4) is 0 Å². The van der Waals surface area contributed by atoms with Crippen molar-refractivity contribution in [3.8, 4) is 17.0 Å². The fourth-order valence-electron chi connectivity index (χ4n) is 3.12. The van der Waals surface area contributed by atoms with Crippen LogP contribution in [0, 0.1) is 13.8 Å². The molecule has 166 valence electrons. The lowest BCUT2D eigenvalue weighted by molar-refractivity contribution is -0.116. The first-order chi connectivity index (χ1) is 15.3. The maximum Gasteiger partial charge on any atom is 0.291 e. The van der Waals surface area contributed by atoms with E-state index in [9.17, 15) is 9.59 Å². The third-order valence-electron chi connectivity index (χ3n) is 5.14. The van der Waals surface area contributed by atoms with E-state index in [-0.39, 0.29) is 24.2 Å². The van der Waals surface area contributed by atoms with Gasteiger partial charge in [-0.05, 0) is 37.1 Å². The van der Waals surface area contributed by atoms with Crippen LogP contribution >= 0.6 is 0 Å². The van der Waals surface area contributed by atoms with Gasteiger partial charge >= 0.3 is 0 Å². The van der Waals surface area contributed by atoms with Crippen molar-refractivity contribution >= 4 is 17.6 Å². The standard InChI is InChI=1S/C24H27N5O3/c1-16-9-6-7-10-19(16)21-17(2)15-26-22(27-21)24(31)28(4)13-14-32-20-11-8-12-25-23(20)29(5)18(3)30/h6-12,15H,13-14H2,1-5H3. The lowest BCUT2D eigenvalue weighted by Crippen LogP contribution is -2.32. The molecule has 2 aromatic heterocycles. The second kappa shape index (κ2) is 10.00. The predicted octanol–water partition coefficient (Wildman–Crippen LogP) is 3.29. The number of hydrogen-bond donors (Lipinski definition) is 0. The molecular weight excluding hydrogens is 406 g/mol. The lowest BCUT2D eigenvalue weighted by atomic mass is 10.0. The van der Waals surface area contributed by atoms with Crippen molar-refractivity contribution < 1.29 is 14.3 Å². The Bertz CT molecular complexity index is 1130. The topological polar surface area (TPSA) is 88.5 Å². The SMILES string of the molecule is CC(=O)N(C)c1ncccc1OCCN(C)C(=O)c1ncc(C)c(-c2ccccc2C)n1. The first kappa shape index (κ1) is 22.9. The zero-order chi connectivity index (χ0) is 23.3. The van der Waals surface area contributed by atoms with Crippen LogP contribution < -0.4 is 9.64 Å². The number of rotatable bonds is 7. The van der Waals surface area contributed by atoms with E-state index in [1.807, 2.05) is 38.1 Å². The maximum atomic E-state index is 12.9. The summed E-state index contributed by atoms with van der Waals surface area (Å²) in [6.07, 6.45) is 3.27. The number of carbonyl (C=O) groups excluding carboxylic acids is 2. The fraction of sp³-hybridized carbons (Fsp3) is 0.292. The zero-order valence-corrected chi connectivity index (χ0v) is 19.0. The van der Waals surface area contributed by atoms with E-state index >= 15 is 0 Å². The summed E-state index contributed by atoms with van der Waals surface area (Å²) < 4.78 is 5.80. The molecule has 2 heterocycles. The summed E-state index contributed by atoms with van der Waals surface area (Å²) in [5.74, 6) is 0.588. The Hall–Kier alpha value is -3.81. The molecule has 0 saturated carbocycles. The Morgan fingerprint density at radius 1 is 1.00 bits per heavy atom. The van der Waals surface area contributed by atoms with Crippen molar-refractivity contribution in [1.82, 2.24) is 19.9 Å². The monoisotopic (exact) mass is 433 g/mol. The highest BCUT2D eigenvalue weighted by Gasteiger charge is 2.18. The molecule has 0 bridgehead atoms. The van der Waals surface area contributed by atoms with Crippen LogP contribution in [0.15, 0.2) is 48.8 Å². The largest absolute Gasteiger partial charge is 0.488 e. The quantitative estimate of drug-likeness (QED) is 0.568. The summed E-state index contributed by atoms with van der Waals surface area (Å²) in [6.45, 7) is 5.93. The Balaban J connectivity index is 1.69. The molecule has 32 heavy (non-hydrogen) atoms. The Labute approximate surface area is 187 Å². The molecule has 3 aromatic rings. The van der Waals surface area contributed by atoms with Gasteiger partial charge in [-0.1, -0.05) is 24.3 Å². The van der Waals surface area contributed by atoms with Gasteiger partial charge in [0.05, 0.1) is 12.2 Å². The van der Waals surface area contributed by atoms with Crippen LogP contribution in [0.5, 0.6) is 5.75 Å². The molecule has 0 saturated heterocycles. The Kier molecular flexibility index (Phi) is 7.14. The average molecular weight is 434 g/mol. The zero-order valence-electron chi connectivity index (χ0n) is 19.0. The van der Waals surface area contributed by atoms with E-state index < -0.39 is 0 Å². The molecule has 0 aliphatic heterocycles. The van der Waals surface area contributed by atoms with Gasteiger partial charge in [-0.2, -0.15) is 0 Å². The van der Waals surface area contributed by atoms with Crippen molar-refractivity contribution in [2.24, 2.45) is 0 Å². The van der Waals surface area contributed by atoms with E-state index in [2.05, 4.69) is 15.0 Å². The highest BCUT2D eigenvalue weighted by molar-refractivity contribution is 5.91. The number of nitrogens with zero attached hydrogens (tertiary/aromatic N) is 5. The smallest absolute Gasteiger partial charge is 0.291 e. The summed E-state index contributed by atoms with van der Waals surface area (Å²) in [6, 6.07) is 11.4. The van der Waals surface area contributed by atoms with Crippen molar-refractivity contribution in [2.75, 3.05) is 32.1 Å². The van der Waals surface area contributed by atoms with E-state index in [1.54, 1.807) is 38.6 Å². The first-order valence-electron chi connectivity index (χ1n) is 10.3. The molecular formula is C24H27N5O3. The fourth-order valence-corrected chi connectivity index (χ4v) is 3.12. The average Bonchev–Trinajstić information content (AvgIpc) is 2.79. The number of hydrogen-bond acceptors (Lipinski definition) is 6. The van der Waals surface area contributed by atoms with Gasteiger partial charge in [0, 0.05) is 39.0 Å². The molecule has 0 N–H and O–H groups in total. The van der Waals surface area contributed by atoms with E-state index in [0.717, 1.165) is 22.4 Å². The van der Waals surface area contributed by atoms with Crippen LogP contribution in [0.1, 0.15) is 28.7 Å². The molecule has 0 aliphatic carbocycles. The normalized spacial score (nSPS) is 10.5. The molecule has 1 aromatic carbocycles. The Morgan fingerprint density at radius 3 is 2.47 bits per heavy atom. The van der Waals surface area contributed by atoms with Gasteiger partial charge in [-0.15, -0.1) is 0 Å². The molecule has 8 nitrogen and oxygen atoms in total. The minimum Gasteiger partial charge on any atom is -0.488 e. The van der Waals surface area contributed by atoms with Crippen molar-refractivity contribution in [1.29, 1.82) is 0 Å². The lowest BCUT2D eigenvalue weighted by Gasteiger charge is -2.20. The second-order valence-electron chi connectivity index (χ2n) is 7.52. The number of ether oxygens (including phenoxy) is 1. The van der Waals surface area contributed by atoms with Gasteiger partial charge in [0.15, 0.2) is 11.6 Å². The minimum absolute atomic E-state index is 0.134. The number of aryl methyl sites for hydroxylation is 2. The van der Waals surface area contributed by atoms with Gasteiger partial charge in [0.1, 0.15) is 6.61 Å². The number of anilines is 1. The molecule has 0 fully saturated rings. The van der Waals surface area contributed by atoms with Gasteiger partial charge in [-0.3, -0.25) is 14.5 Å². The van der Waals surface area contributed by atoms with Crippen molar-refractivity contribution in [3.05, 3.63) is 65.7 Å². The van der Waals surface area contributed by atoms with E-state index in [0.29, 0.717) is 18.1 Å². The Morgan fingerprint density at radius 2 is 1.75 bits per heavy atom. The highest BCUT2D eigenvalue weighted by atomic mass is 16.5. The number of benzene rings is 1. The van der Waals surface area contributed by atoms with Gasteiger partial charge in [0.2, 0.25) is 11.7 Å². The minimum atomic E-state index is -0.296. The molecule has 0 aliphatic rings. The number of aromatic nitrogens is 3. The second-order valence-corrected chi connectivity index (χ2v) is 7.52. The van der Waals surface area contributed by atoms with Crippen molar-refractivity contribution in [2.45, 2.75) is 20.8 Å². The van der Waals surface area contributed by atoms with Crippen LogP contribution in [0.2, 0.25) is 0 Å². The predicted molar refractivity (Wildman–Crippen MR) is 123 cm³/mol. The van der Waals surface area contributed by atoms with Gasteiger partial charge in [-0.25, -0.2) is 15.0 Å². The van der Waals surface area contributed by atoms with Crippen LogP contribution in [0.25, 0.3) is 11.3 Å². The molecule has 8 heteroatoms. The summed E-state index contributed by atoms with van der Waals surface area (Å²) >= 11 is 0. The summed E-state index contributed by atoms with van der Waals surface area (Å²) in [4.78, 5) is 40.5. The van der Waals surface area contributed by atoms with Crippen LogP contribution in [-0.2, 0) is 4.79 Å². The molecule has 3 rings (SSSR count). The first-order valence-corrected chi connectivity index (χ1v) is 10.3. The summed E-state index contributed by atoms with van der Waals surface area (Å²) in [5.41, 5.74) is 3.71. The highest BCUT2D eigenvalue weighted by Crippen LogP contribution is 2.25. The third-order valence-corrected chi connectivity index (χ3v) is 5.14. The number of carbonyl (C=O) groups is 2.